The maximum absolute atomic E-state index is 3.22. The highest BCUT2D eigenvalue weighted by Gasteiger charge is 1.96. The molecule has 0 saturated carbocycles. The molecule has 0 N–H and O–H groups in total. The summed E-state index contributed by atoms with van der Waals surface area (Å²) in [4.78, 5) is 2.97. The van der Waals surface area contributed by atoms with Crippen LogP contribution in [-0.4, -0.2) is 0 Å². The van der Waals surface area contributed by atoms with Crippen molar-refractivity contribution in [3.8, 4) is 11.8 Å². The molecular formula is C13H18S. The summed E-state index contributed by atoms with van der Waals surface area (Å²) in [6.07, 6.45) is 5.52. The van der Waals surface area contributed by atoms with Crippen LogP contribution in [0.4, 0.5) is 0 Å². The second-order valence-electron chi connectivity index (χ2n) is 3.33. The van der Waals surface area contributed by atoms with E-state index < -0.39 is 0 Å². The van der Waals surface area contributed by atoms with Gasteiger partial charge in [0.15, 0.2) is 0 Å². The molecule has 0 aliphatic rings. The maximum Gasteiger partial charge on any atom is 0.0137 e. The minimum Gasteiger partial charge on any atom is -0.145 e. The molecule has 0 atom stereocenters. The molecule has 1 heteroatoms. The van der Waals surface area contributed by atoms with Crippen LogP contribution in [0.2, 0.25) is 0 Å². The standard InChI is InChI=1S/C13H18S/c1-3-5-6-7-8-9-13-11-10-12(4-2)14-13/h10-11H,3-5,8-9H2,1-2H3. The largest absolute Gasteiger partial charge is 0.145 e. The molecule has 0 aliphatic carbocycles. The molecular weight excluding hydrogens is 188 g/mol. The SMILES string of the molecule is CCCC#CCCc1ccc(CC)s1. The highest BCUT2D eigenvalue weighted by molar-refractivity contribution is 7.11. The van der Waals surface area contributed by atoms with Gasteiger partial charge >= 0.3 is 0 Å². The average Bonchev–Trinajstić information content (AvgIpc) is 2.65. The Morgan fingerprint density at radius 3 is 2.43 bits per heavy atom. The first kappa shape index (κ1) is 11.3. The number of thiophene rings is 1. The van der Waals surface area contributed by atoms with E-state index in [4.69, 9.17) is 0 Å². The zero-order chi connectivity index (χ0) is 10.2. The van der Waals surface area contributed by atoms with Gasteiger partial charge in [0.05, 0.1) is 0 Å². The van der Waals surface area contributed by atoms with Crippen molar-refractivity contribution in [1.29, 1.82) is 0 Å². The Morgan fingerprint density at radius 2 is 1.79 bits per heavy atom. The monoisotopic (exact) mass is 206 g/mol. The smallest absolute Gasteiger partial charge is 0.0137 e. The molecule has 14 heavy (non-hydrogen) atoms. The normalized spacial score (nSPS) is 9.57. The fourth-order valence-electron chi connectivity index (χ4n) is 1.23. The average molecular weight is 206 g/mol. The quantitative estimate of drug-likeness (QED) is 0.652. The Balaban J connectivity index is 2.28. The van der Waals surface area contributed by atoms with Crippen LogP contribution in [0.5, 0.6) is 0 Å². The summed E-state index contributed by atoms with van der Waals surface area (Å²) in [6, 6.07) is 4.48. The van der Waals surface area contributed by atoms with Crippen molar-refractivity contribution < 1.29 is 0 Å². The van der Waals surface area contributed by atoms with Gasteiger partial charge in [0.2, 0.25) is 0 Å². The predicted octanol–water partition coefficient (Wildman–Crippen LogP) is 4.05. The third-order valence-corrected chi connectivity index (χ3v) is 3.35. The summed E-state index contributed by atoms with van der Waals surface area (Å²) < 4.78 is 0. The molecule has 0 fully saturated rings. The van der Waals surface area contributed by atoms with Gasteiger partial charge in [0.25, 0.3) is 0 Å². The van der Waals surface area contributed by atoms with Crippen molar-refractivity contribution in [3.05, 3.63) is 21.9 Å². The van der Waals surface area contributed by atoms with E-state index in [1.54, 1.807) is 0 Å². The van der Waals surface area contributed by atoms with Crippen LogP contribution in [0.1, 0.15) is 42.9 Å². The fraction of sp³-hybridized carbons (Fsp3) is 0.538. The van der Waals surface area contributed by atoms with E-state index in [1.807, 2.05) is 11.3 Å². The molecule has 0 aromatic carbocycles. The molecule has 0 aliphatic heterocycles. The zero-order valence-corrected chi connectivity index (χ0v) is 9.91. The van der Waals surface area contributed by atoms with Gasteiger partial charge in [-0.15, -0.1) is 23.2 Å². The van der Waals surface area contributed by atoms with E-state index in [1.165, 1.54) is 16.2 Å². The first-order valence-electron chi connectivity index (χ1n) is 5.40. The topological polar surface area (TPSA) is 0 Å². The van der Waals surface area contributed by atoms with Crippen molar-refractivity contribution in [2.24, 2.45) is 0 Å². The van der Waals surface area contributed by atoms with Crippen LogP contribution >= 0.6 is 11.3 Å². The number of rotatable bonds is 4. The lowest BCUT2D eigenvalue weighted by Gasteiger charge is -1.89. The molecule has 0 saturated heterocycles. The van der Waals surface area contributed by atoms with E-state index in [0.717, 1.165) is 25.7 Å². The van der Waals surface area contributed by atoms with E-state index >= 15 is 0 Å². The number of hydrogen-bond acceptors (Lipinski definition) is 1. The number of aryl methyl sites for hydroxylation is 2. The van der Waals surface area contributed by atoms with Gasteiger partial charge in [-0.05, 0) is 31.4 Å². The third kappa shape index (κ3) is 3.98. The molecule has 1 aromatic heterocycles. The first-order valence-corrected chi connectivity index (χ1v) is 6.21. The van der Waals surface area contributed by atoms with Gasteiger partial charge in [-0.2, -0.15) is 0 Å². The van der Waals surface area contributed by atoms with Gasteiger partial charge in [-0.25, -0.2) is 0 Å². The molecule has 0 nitrogen and oxygen atoms in total. The third-order valence-electron chi connectivity index (χ3n) is 2.06. The predicted molar refractivity (Wildman–Crippen MR) is 64.7 cm³/mol. The van der Waals surface area contributed by atoms with Crippen molar-refractivity contribution in [2.45, 2.75) is 46.0 Å². The van der Waals surface area contributed by atoms with Gasteiger partial charge in [0, 0.05) is 22.6 Å². The van der Waals surface area contributed by atoms with E-state index in [2.05, 4.69) is 37.8 Å². The molecule has 0 spiro atoms. The Hall–Kier alpha value is -0.740. The number of unbranched alkanes of at least 4 members (excludes halogenated alkanes) is 1. The van der Waals surface area contributed by atoms with Gasteiger partial charge < -0.3 is 0 Å². The van der Waals surface area contributed by atoms with E-state index in [9.17, 15) is 0 Å². The molecule has 1 aromatic rings. The lowest BCUT2D eigenvalue weighted by Crippen LogP contribution is -1.76. The van der Waals surface area contributed by atoms with Crippen LogP contribution < -0.4 is 0 Å². The second kappa shape index (κ2) is 6.68. The summed E-state index contributed by atoms with van der Waals surface area (Å²) in [5.41, 5.74) is 0. The van der Waals surface area contributed by atoms with Crippen molar-refractivity contribution in [1.82, 2.24) is 0 Å². The maximum atomic E-state index is 3.22. The van der Waals surface area contributed by atoms with Crippen LogP contribution in [0, 0.1) is 11.8 Å². The highest BCUT2D eigenvalue weighted by atomic mass is 32.1. The molecule has 1 heterocycles. The Labute approximate surface area is 91.4 Å². The van der Waals surface area contributed by atoms with Crippen LogP contribution in [0.3, 0.4) is 0 Å². The minimum atomic E-state index is 1.02. The summed E-state index contributed by atoms with van der Waals surface area (Å²) in [7, 11) is 0. The van der Waals surface area contributed by atoms with Gasteiger partial charge in [-0.3, -0.25) is 0 Å². The Morgan fingerprint density at radius 1 is 1.07 bits per heavy atom. The Kier molecular flexibility index (Phi) is 5.40. The summed E-state index contributed by atoms with van der Waals surface area (Å²) in [5.74, 6) is 6.40. The molecule has 1 rings (SSSR count). The highest BCUT2D eigenvalue weighted by Crippen LogP contribution is 2.17. The van der Waals surface area contributed by atoms with Crippen LogP contribution in [-0.2, 0) is 12.8 Å². The van der Waals surface area contributed by atoms with Crippen LogP contribution in [0.15, 0.2) is 12.1 Å². The lowest BCUT2D eigenvalue weighted by atomic mass is 10.2. The summed E-state index contributed by atoms with van der Waals surface area (Å²) >= 11 is 1.93. The summed E-state index contributed by atoms with van der Waals surface area (Å²) in [6.45, 7) is 4.37. The molecule has 0 bridgehead atoms. The lowest BCUT2D eigenvalue weighted by molar-refractivity contribution is 0.976. The molecule has 0 unspecified atom stereocenters. The number of hydrogen-bond donors (Lipinski definition) is 0. The fourth-order valence-corrected chi connectivity index (χ4v) is 2.19. The molecule has 0 amide bonds. The van der Waals surface area contributed by atoms with Gasteiger partial charge in [-0.1, -0.05) is 13.8 Å². The van der Waals surface area contributed by atoms with Crippen LogP contribution in [0.25, 0.3) is 0 Å². The van der Waals surface area contributed by atoms with Crippen molar-refractivity contribution >= 4 is 11.3 Å². The van der Waals surface area contributed by atoms with Crippen molar-refractivity contribution in [2.75, 3.05) is 0 Å². The van der Waals surface area contributed by atoms with E-state index in [0.29, 0.717) is 0 Å². The Bertz CT molecular complexity index is 311. The second-order valence-corrected chi connectivity index (χ2v) is 4.58. The minimum absolute atomic E-state index is 1.02. The van der Waals surface area contributed by atoms with Crippen molar-refractivity contribution in [3.63, 3.8) is 0 Å². The zero-order valence-electron chi connectivity index (χ0n) is 9.10. The first-order chi connectivity index (χ1) is 6.86. The van der Waals surface area contributed by atoms with Gasteiger partial charge in [0.1, 0.15) is 0 Å². The molecule has 0 radical (unpaired) electrons. The summed E-state index contributed by atoms with van der Waals surface area (Å²) in [5, 5.41) is 0. The molecule has 76 valence electrons. The van der Waals surface area contributed by atoms with E-state index in [-0.39, 0.29) is 0 Å².